The first-order chi connectivity index (χ1) is 8.97. The van der Waals surface area contributed by atoms with Gasteiger partial charge in [-0.3, -0.25) is 4.79 Å². The number of ketones is 1. The second-order valence-corrected chi connectivity index (χ2v) is 5.95. The fourth-order valence-corrected chi connectivity index (χ4v) is 3.08. The zero-order valence-electron chi connectivity index (χ0n) is 10.0. The number of benzene rings is 1. The predicted octanol–water partition coefficient (Wildman–Crippen LogP) is 3.40. The Labute approximate surface area is 122 Å². The molecule has 0 atom stereocenters. The Morgan fingerprint density at radius 2 is 2.16 bits per heavy atom. The number of aromatic carboxylic acids is 1. The van der Waals surface area contributed by atoms with E-state index in [9.17, 15) is 9.59 Å². The van der Waals surface area contributed by atoms with Crippen molar-refractivity contribution in [1.29, 1.82) is 0 Å². The van der Waals surface area contributed by atoms with Crippen LogP contribution in [0.15, 0.2) is 28.7 Å². The maximum Gasteiger partial charge on any atom is 0.356 e. The van der Waals surface area contributed by atoms with Crippen molar-refractivity contribution in [2.24, 2.45) is 0 Å². The predicted molar refractivity (Wildman–Crippen MR) is 76.0 cm³/mol. The summed E-state index contributed by atoms with van der Waals surface area (Å²) in [6.45, 7) is 1.35. The van der Waals surface area contributed by atoms with E-state index in [4.69, 9.17) is 5.11 Å². The summed E-state index contributed by atoms with van der Waals surface area (Å²) in [7, 11) is 0. The highest BCUT2D eigenvalue weighted by molar-refractivity contribution is 9.10. The first-order valence-electron chi connectivity index (χ1n) is 5.45. The van der Waals surface area contributed by atoms with Crippen molar-refractivity contribution in [2.75, 3.05) is 0 Å². The molecule has 1 aromatic carbocycles. The molecule has 19 heavy (non-hydrogen) atoms. The smallest absolute Gasteiger partial charge is 0.356 e. The lowest BCUT2D eigenvalue weighted by Gasteiger charge is -1.98. The minimum atomic E-state index is -1.16. The van der Waals surface area contributed by atoms with Gasteiger partial charge in [0.15, 0.2) is 11.5 Å². The van der Waals surface area contributed by atoms with E-state index < -0.39 is 5.97 Å². The van der Waals surface area contributed by atoms with Crippen LogP contribution in [0.5, 0.6) is 0 Å². The molecule has 0 bridgehead atoms. The highest BCUT2D eigenvalue weighted by Crippen LogP contribution is 2.23. The topological polar surface area (TPSA) is 67.3 Å². The summed E-state index contributed by atoms with van der Waals surface area (Å²) in [5.74, 6) is -1.43. The lowest BCUT2D eigenvalue weighted by atomic mass is 10.2. The molecule has 1 heterocycles. The van der Waals surface area contributed by atoms with Crippen LogP contribution in [0.3, 0.4) is 0 Å². The molecule has 6 heteroatoms. The van der Waals surface area contributed by atoms with E-state index in [-0.39, 0.29) is 16.4 Å². The SMILES string of the molecule is CC(=O)c1sc(Cc2cccc(Br)c2)nc1C(=O)O. The second kappa shape index (κ2) is 5.63. The van der Waals surface area contributed by atoms with Gasteiger partial charge in [0, 0.05) is 17.8 Å². The molecule has 4 nitrogen and oxygen atoms in total. The summed E-state index contributed by atoms with van der Waals surface area (Å²) in [5.41, 5.74) is 0.859. The fraction of sp³-hybridized carbons (Fsp3) is 0.154. The molecule has 2 rings (SSSR count). The van der Waals surface area contributed by atoms with Crippen LogP contribution in [0.4, 0.5) is 0 Å². The third kappa shape index (κ3) is 3.27. The Hall–Kier alpha value is -1.53. The van der Waals surface area contributed by atoms with Crippen LogP contribution >= 0.6 is 27.3 Å². The number of rotatable bonds is 4. The normalized spacial score (nSPS) is 10.4. The lowest BCUT2D eigenvalue weighted by Crippen LogP contribution is -2.03. The highest BCUT2D eigenvalue weighted by Gasteiger charge is 2.20. The highest BCUT2D eigenvalue weighted by atomic mass is 79.9. The van der Waals surface area contributed by atoms with Gasteiger partial charge in [0.2, 0.25) is 0 Å². The number of carboxylic acid groups (broad SMARTS) is 1. The van der Waals surface area contributed by atoms with Crippen LogP contribution in [0.25, 0.3) is 0 Å². The molecule has 0 fully saturated rings. The van der Waals surface area contributed by atoms with Crippen LogP contribution in [0.2, 0.25) is 0 Å². The first-order valence-corrected chi connectivity index (χ1v) is 7.06. The van der Waals surface area contributed by atoms with Crippen LogP contribution < -0.4 is 0 Å². The van der Waals surface area contributed by atoms with Crippen molar-refractivity contribution in [3.63, 3.8) is 0 Å². The lowest BCUT2D eigenvalue weighted by molar-refractivity contribution is 0.0687. The molecule has 2 aromatic rings. The Morgan fingerprint density at radius 1 is 1.42 bits per heavy atom. The fourth-order valence-electron chi connectivity index (χ4n) is 1.65. The Balaban J connectivity index is 2.34. The van der Waals surface area contributed by atoms with Crippen molar-refractivity contribution in [2.45, 2.75) is 13.3 Å². The number of hydrogen-bond acceptors (Lipinski definition) is 4. The molecule has 0 amide bonds. The number of nitrogens with zero attached hydrogens (tertiary/aromatic N) is 1. The zero-order valence-corrected chi connectivity index (χ0v) is 12.4. The van der Waals surface area contributed by atoms with Crippen LogP contribution in [-0.4, -0.2) is 21.8 Å². The van der Waals surface area contributed by atoms with Crippen LogP contribution in [0.1, 0.15) is 37.7 Å². The summed E-state index contributed by atoms with van der Waals surface area (Å²) < 4.78 is 0.951. The van der Waals surface area contributed by atoms with Crippen molar-refractivity contribution in [3.05, 3.63) is 49.9 Å². The standard InChI is InChI=1S/C13H10BrNO3S/c1-7(16)12-11(13(17)18)15-10(19-12)6-8-3-2-4-9(14)5-8/h2-5H,6H2,1H3,(H,17,18). The van der Waals surface area contributed by atoms with Gasteiger partial charge in [0.25, 0.3) is 0 Å². The number of carbonyl (C=O) groups is 2. The van der Waals surface area contributed by atoms with Gasteiger partial charge in [-0.2, -0.15) is 0 Å². The molecule has 0 radical (unpaired) electrons. The van der Waals surface area contributed by atoms with E-state index in [2.05, 4.69) is 20.9 Å². The molecule has 0 saturated carbocycles. The van der Waals surface area contributed by atoms with Gasteiger partial charge >= 0.3 is 5.97 Å². The van der Waals surface area contributed by atoms with Gasteiger partial charge in [-0.25, -0.2) is 9.78 Å². The van der Waals surface area contributed by atoms with Gasteiger partial charge in [-0.05, 0) is 17.7 Å². The first kappa shape index (κ1) is 13.9. The molecule has 98 valence electrons. The summed E-state index contributed by atoms with van der Waals surface area (Å²) in [4.78, 5) is 26.7. The minimum Gasteiger partial charge on any atom is -0.476 e. The van der Waals surface area contributed by atoms with E-state index in [0.717, 1.165) is 21.4 Å². The van der Waals surface area contributed by atoms with E-state index >= 15 is 0 Å². The number of carbonyl (C=O) groups excluding carboxylic acids is 1. The molecule has 0 saturated heterocycles. The van der Waals surface area contributed by atoms with Gasteiger partial charge in [0.1, 0.15) is 4.88 Å². The van der Waals surface area contributed by atoms with Gasteiger partial charge < -0.3 is 5.11 Å². The van der Waals surface area contributed by atoms with Crippen molar-refractivity contribution >= 4 is 39.0 Å². The average molecular weight is 340 g/mol. The molecular formula is C13H10BrNO3S. The van der Waals surface area contributed by atoms with Crippen molar-refractivity contribution in [3.8, 4) is 0 Å². The molecular weight excluding hydrogens is 330 g/mol. The summed E-state index contributed by atoms with van der Waals surface area (Å²) >= 11 is 4.52. The number of hydrogen-bond donors (Lipinski definition) is 1. The molecule has 0 spiro atoms. The maximum absolute atomic E-state index is 11.4. The number of Topliss-reactive ketones (excluding diaryl/α,β-unsaturated/α-hetero) is 1. The number of carboxylic acids is 1. The van der Waals surface area contributed by atoms with Crippen LogP contribution in [0, 0.1) is 0 Å². The number of thiazole rings is 1. The summed E-state index contributed by atoms with van der Waals surface area (Å²) in [5, 5.41) is 9.65. The van der Waals surface area contributed by atoms with Crippen molar-refractivity contribution < 1.29 is 14.7 Å². The van der Waals surface area contributed by atoms with Gasteiger partial charge in [0.05, 0.1) is 5.01 Å². The van der Waals surface area contributed by atoms with Crippen molar-refractivity contribution in [1.82, 2.24) is 4.98 Å². The van der Waals surface area contributed by atoms with E-state index in [1.165, 1.54) is 6.92 Å². The third-order valence-corrected chi connectivity index (χ3v) is 4.09. The quantitative estimate of drug-likeness (QED) is 0.867. The molecule has 1 N–H and O–H groups in total. The maximum atomic E-state index is 11.4. The van der Waals surface area contributed by atoms with E-state index in [0.29, 0.717) is 11.4 Å². The number of halogens is 1. The Bertz CT molecular complexity index is 620. The van der Waals surface area contributed by atoms with Gasteiger partial charge in [-0.1, -0.05) is 28.1 Å². The van der Waals surface area contributed by atoms with E-state index in [1.54, 1.807) is 0 Å². The Kier molecular flexibility index (Phi) is 4.11. The molecule has 0 aliphatic carbocycles. The number of aromatic nitrogens is 1. The zero-order chi connectivity index (χ0) is 14.0. The van der Waals surface area contributed by atoms with Gasteiger partial charge in [-0.15, -0.1) is 11.3 Å². The monoisotopic (exact) mass is 339 g/mol. The van der Waals surface area contributed by atoms with E-state index in [1.807, 2.05) is 24.3 Å². The third-order valence-electron chi connectivity index (χ3n) is 2.44. The Morgan fingerprint density at radius 3 is 2.68 bits per heavy atom. The minimum absolute atomic E-state index is 0.150. The molecule has 0 aliphatic heterocycles. The summed E-state index contributed by atoms with van der Waals surface area (Å²) in [6, 6.07) is 7.68. The van der Waals surface area contributed by atoms with Crippen LogP contribution in [-0.2, 0) is 6.42 Å². The average Bonchev–Trinajstić information content (AvgIpc) is 2.73. The molecule has 0 unspecified atom stereocenters. The molecule has 1 aromatic heterocycles. The second-order valence-electron chi connectivity index (χ2n) is 3.95. The molecule has 0 aliphatic rings. The largest absolute Gasteiger partial charge is 0.476 e. The summed E-state index contributed by atoms with van der Waals surface area (Å²) in [6.07, 6.45) is 0.512.